The summed E-state index contributed by atoms with van der Waals surface area (Å²) in [4.78, 5) is 11.8. The van der Waals surface area contributed by atoms with E-state index in [-0.39, 0.29) is 24.4 Å². The Kier molecular flexibility index (Phi) is 3.82. The Labute approximate surface area is 125 Å². The molecule has 2 aromatic heterocycles. The van der Waals surface area contributed by atoms with Crippen LogP contribution >= 0.6 is 0 Å². The zero-order chi connectivity index (χ0) is 15.4. The standard InChI is InChI=1S/C14H13N5O3/c1-19-8-7-11(18-19)13-16-17-14(22-13)15-12(20)9-21-10-5-3-2-4-6-10/h2-8H,9H2,1H3,(H,15,17,20). The SMILES string of the molecule is Cn1ccc(-c2nnc(NC(=O)COc3ccccc3)o2)n1. The van der Waals surface area contributed by atoms with Crippen molar-refractivity contribution in [3.8, 4) is 17.3 Å². The highest BCUT2D eigenvalue weighted by Crippen LogP contribution is 2.17. The van der Waals surface area contributed by atoms with Crippen molar-refractivity contribution in [3.63, 3.8) is 0 Å². The van der Waals surface area contributed by atoms with Crippen LogP contribution in [-0.4, -0.2) is 32.5 Å². The molecule has 3 aromatic rings. The van der Waals surface area contributed by atoms with Crippen molar-refractivity contribution in [1.82, 2.24) is 20.0 Å². The lowest BCUT2D eigenvalue weighted by Crippen LogP contribution is -2.20. The first-order chi connectivity index (χ1) is 10.7. The number of amides is 1. The molecule has 0 unspecified atom stereocenters. The minimum absolute atomic E-state index is 0.00214. The molecule has 2 heterocycles. The van der Waals surface area contributed by atoms with Crippen molar-refractivity contribution in [3.05, 3.63) is 42.6 Å². The molecular formula is C14H13N5O3. The van der Waals surface area contributed by atoms with E-state index in [1.807, 2.05) is 18.2 Å². The molecule has 0 atom stereocenters. The van der Waals surface area contributed by atoms with Crippen LogP contribution in [0.5, 0.6) is 5.75 Å². The summed E-state index contributed by atoms with van der Waals surface area (Å²) in [6.45, 7) is -0.148. The van der Waals surface area contributed by atoms with Gasteiger partial charge >= 0.3 is 6.01 Å². The smallest absolute Gasteiger partial charge is 0.322 e. The summed E-state index contributed by atoms with van der Waals surface area (Å²) < 4.78 is 12.3. The average molecular weight is 299 g/mol. The predicted molar refractivity (Wildman–Crippen MR) is 77.1 cm³/mol. The number of aryl methyl sites for hydroxylation is 1. The number of carbonyl (C=O) groups is 1. The summed E-state index contributed by atoms with van der Waals surface area (Å²) in [6.07, 6.45) is 1.76. The third-order valence-electron chi connectivity index (χ3n) is 2.72. The minimum Gasteiger partial charge on any atom is -0.484 e. The summed E-state index contributed by atoms with van der Waals surface area (Å²) in [7, 11) is 1.78. The predicted octanol–water partition coefficient (Wildman–Crippen LogP) is 1.49. The van der Waals surface area contributed by atoms with E-state index in [2.05, 4.69) is 20.6 Å². The molecule has 0 aliphatic rings. The number of nitrogens with one attached hydrogen (secondary N) is 1. The topological polar surface area (TPSA) is 95.1 Å². The number of rotatable bonds is 5. The van der Waals surface area contributed by atoms with Crippen molar-refractivity contribution in [2.75, 3.05) is 11.9 Å². The molecule has 0 aliphatic heterocycles. The highest BCUT2D eigenvalue weighted by atomic mass is 16.5. The molecule has 0 saturated carbocycles. The molecule has 1 amide bonds. The highest BCUT2D eigenvalue weighted by Gasteiger charge is 2.13. The van der Waals surface area contributed by atoms with Crippen LogP contribution in [-0.2, 0) is 11.8 Å². The maximum atomic E-state index is 11.8. The first-order valence-electron chi connectivity index (χ1n) is 6.52. The Morgan fingerprint density at radius 1 is 1.27 bits per heavy atom. The third kappa shape index (κ3) is 3.29. The van der Waals surface area contributed by atoms with E-state index in [1.54, 1.807) is 36.1 Å². The number of hydrogen-bond donors (Lipinski definition) is 1. The fourth-order valence-corrected chi connectivity index (χ4v) is 1.73. The number of hydrogen-bond acceptors (Lipinski definition) is 6. The van der Waals surface area contributed by atoms with Crippen LogP contribution in [0.15, 0.2) is 47.0 Å². The van der Waals surface area contributed by atoms with Gasteiger partial charge in [0.2, 0.25) is 0 Å². The van der Waals surface area contributed by atoms with Gasteiger partial charge in [-0.2, -0.15) is 5.10 Å². The lowest BCUT2D eigenvalue weighted by Gasteiger charge is -2.04. The normalized spacial score (nSPS) is 10.4. The second-order valence-electron chi connectivity index (χ2n) is 4.44. The van der Waals surface area contributed by atoms with Crippen LogP contribution in [0.3, 0.4) is 0 Å². The summed E-state index contributed by atoms with van der Waals surface area (Å²) in [5.74, 6) is 0.456. The van der Waals surface area contributed by atoms with Crippen LogP contribution in [0.25, 0.3) is 11.6 Å². The maximum Gasteiger partial charge on any atom is 0.322 e. The molecular weight excluding hydrogens is 286 g/mol. The van der Waals surface area contributed by atoms with Gasteiger partial charge in [0.15, 0.2) is 6.61 Å². The van der Waals surface area contributed by atoms with E-state index in [4.69, 9.17) is 9.15 Å². The molecule has 22 heavy (non-hydrogen) atoms. The Balaban J connectivity index is 1.57. The van der Waals surface area contributed by atoms with Gasteiger partial charge in [-0.25, -0.2) is 0 Å². The minimum atomic E-state index is -0.389. The van der Waals surface area contributed by atoms with E-state index in [0.29, 0.717) is 11.4 Å². The van der Waals surface area contributed by atoms with Gasteiger partial charge in [-0.05, 0) is 18.2 Å². The molecule has 0 radical (unpaired) electrons. The molecule has 8 heteroatoms. The van der Waals surface area contributed by atoms with Gasteiger partial charge in [0.25, 0.3) is 11.8 Å². The molecule has 1 N–H and O–H groups in total. The number of ether oxygens (including phenoxy) is 1. The van der Waals surface area contributed by atoms with Gasteiger partial charge < -0.3 is 9.15 Å². The first-order valence-corrected chi connectivity index (χ1v) is 6.52. The average Bonchev–Trinajstić information content (AvgIpc) is 3.15. The highest BCUT2D eigenvalue weighted by molar-refractivity contribution is 5.89. The molecule has 0 spiro atoms. The van der Waals surface area contributed by atoms with Crippen LogP contribution in [0, 0.1) is 0 Å². The van der Waals surface area contributed by atoms with E-state index >= 15 is 0 Å². The molecule has 0 bridgehead atoms. The summed E-state index contributed by atoms with van der Waals surface area (Å²) in [5, 5.41) is 14.2. The molecule has 0 aliphatic carbocycles. The second-order valence-corrected chi connectivity index (χ2v) is 4.44. The van der Waals surface area contributed by atoms with Crippen LogP contribution in [0.4, 0.5) is 6.01 Å². The Morgan fingerprint density at radius 2 is 2.09 bits per heavy atom. The molecule has 3 rings (SSSR count). The first kappa shape index (κ1) is 13.8. The van der Waals surface area contributed by atoms with E-state index in [0.717, 1.165) is 0 Å². The van der Waals surface area contributed by atoms with Gasteiger partial charge in [0.05, 0.1) is 0 Å². The zero-order valence-electron chi connectivity index (χ0n) is 11.8. The Bertz CT molecular complexity index is 766. The summed E-state index contributed by atoms with van der Waals surface area (Å²) >= 11 is 0. The zero-order valence-corrected chi connectivity index (χ0v) is 11.8. The Hall–Kier alpha value is -3.16. The van der Waals surface area contributed by atoms with E-state index < -0.39 is 0 Å². The third-order valence-corrected chi connectivity index (χ3v) is 2.72. The van der Waals surface area contributed by atoms with Gasteiger partial charge in [-0.1, -0.05) is 23.3 Å². The molecule has 1 aromatic carbocycles. The molecule has 112 valence electrons. The number of anilines is 1. The van der Waals surface area contributed by atoms with E-state index in [9.17, 15) is 4.79 Å². The number of carbonyl (C=O) groups excluding carboxylic acids is 1. The number of aromatic nitrogens is 4. The van der Waals surface area contributed by atoms with Crippen molar-refractivity contribution in [2.24, 2.45) is 7.05 Å². The second kappa shape index (κ2) is 6.08. The van der Waals surface area contributed by atoms with Gasteiger partial charge in [0.1, 0.15) is 11.4 Å². The summed E-state index contributed by atoms with van der Waals surface area (Å²) in [6, 6.07) is 10.8. The number of nitrogens with zero attached hydrogens (tertiary/aromatic N) is 4. The van der Waals surface area contributed by atoms with Crippen LogP contribution in [0.1, 0.15) is 0 Å². The van der Waals surface area contributed by atoms with Crippen molar-refractivity contribution >= 4 is 11.9 Å². The van der Waals surface area contributed by atoms with Gasteiger partial charge in [0, 0.05) is 13.2 Å². The lowest BCUT2D eigenvalue weighted by molar-refractivity contribution is -0.118. The summed E-state index contributed by atoms with van der Waals surface area (Å²) in [5.41, 5.74) is 0.538. The monoisotopic (exact) mass is 299 g/mol. The Morgan fingerprint density at radius 3 is 2.82 bits per heavy atom. The fourth-order valence-electron chi connectivity index (χ4n) is 1.73. The molecule has 0 fully saturated rings. The van der Waals surface area contributed by atoms with Crippen LogP contribution in [0.2, 0.25) is 0 Å². The molecule has 8 nitrogen and oxygen atoms in total. The van der Waals surface area contributed by atoms with Crippen molar-refractivity contribution in [1.29, 1.82) is 0 Å². The largest absolute Gasteiger partial charge is 0.484 e. The number of para-hydroxylation sites is 1. The van der Waals surface area contributed by atoms with Crippen molar-refractivity contribution in [2.45, 2.75) is 0 Å². The fraction of sp³-hybridized carbons (Fsp3) is 0.143. The van der Waals surface area contributed by atoms with Gasteiger partial charge in [-0.3, -0.25) is 14.8 Å². The maximum absolute atomic E-state index is 11.8. The molecule has 0 saturated heterocycles. The van der Waals surface area contributed by atoms with Gasteiger partial charge in [-0.15, -0.1) is 5.10 Å². The van der Waals surface area contributed by atoms with Crippen LogP contribution < -0.4 is 10.1 Å². The van der Waals surface area contributed by atoms with E-state index in [1.165, 1.54) is 0 Å². The number of benzene rings is 1. The van der Waals surface area contributed by atoms with Crippen molar-refractivity contribution < 1.29 is 13.9 Å². The lowest BCUT2D eigenvalue weighted by atomic mass is 10.3. The quantitative estimate of drug-likeness (QED) is 0.767.